The summed E-state index contributed by atoms with van der Waals surface area (Å²) in [7, 11) is 1.12. The Balaban J connectivity index is 5.54. The van der Waals surface area contributed by atoms with Crippen molar-refractivity contribution >= 4 is 19.7 Å². The lowest BCUT2D eigenvalue weighted by Gasteiger charge is -2.30. The van der Waals surface area contributed by atoms with Gasteiger partial charge in [-0.2, -0.15) is 0 Å². The number of rotatable bonds is 46. The van der Waals surface area contributed by atoms with Crippen LogP contribution in [0.5, 0.6) is 0 Å². The molecule has 0 saturated carbocycles. The van der Waals surface area contributed by atoms with Gasteiger partial charge in [0.1, 0.15) is 19.3 Å². The molecule has 68 heavy (non-hydrogen) atoms. The third-order valence-electron chi connectivity index (χ3n) is 11.0. The average Bonchev–Trinajstić information content (AvgIpc) is 3.29. The maximum atomic E-state index is 13.4. The molecule has 0 bridgehead atoms. The first kappa shape index (κ1) is 64.7. The van der Waals surface area contributed by atoms with Gasteiger partial charge in [0, 0.05) is 12.8 Å². The quantitative estimate of drug-likeness (QED) is 0.0161. The van der Waals surface area contributed by atoms with E-state index in [0.717, 1.165) is 96.3 Å². The fraction of sp³-hybridized carbons (Fsp3) is 0.655. The van der Waals surface area contributed by atoms with Crippen molar-refractivity contribution in [2.45, 2.75) is 206 Å². The monoisotopic (exact) mass is 967 g/mol. The summed E-state index contributed by atoms with van der Waals surface area (Å²) >= 11 is 0. The number of hydrogen-bond acceptors (Lipinski definition) is 7. The zero-order valence-corrected chi connectivity index (χ0v) is 44.9. The van der Waals surface area contributed by atoms with Crippen LogP contribution in [0.15, 0.2) is 109 Å². The standard InChI is InChI=1S/C58H99N2O7P/c1-7-10-13-16-19-22-25-28-29-30-31-33-35-38-41-44-47-50-57(61)59-55(54-66-68(63,64)65-53-52-60(4,5)6)56(49-46-43-40-37-34-27-24-21-18-15-12-9-3)67-58(62)51-48-45-42-39-36-32-26-23-20-17-14-11-8-2/h10-11,13-14,17,19-20,22-23,26,28-29,31,33,38,41,46,49,55-56H,7-9,12,15-16,18,21,24-25,27,30,32,34-37,39-40,42-45,47-48,50-54H2,1-6H3,(H-,59,61,63,64)/b13-10-,14-11+,20-17+,22-19-,26-23-,29-28-,33-31-,41-38-,49-46-. The molecule has 388 valence electrons. The van der Waals surface area contributed by atoms with Crippen LogP contribution in [0.3, 0.4) is 0 Å². The maximum absolute atomic E-state index is 13.4. The minimum atomic E-state index is -4.72. The SMILES string of the molecule is CC/C=C\C/C=C\C/C=C\C/C=C\C/C=C\CCCC(=O)NC(COP(=O)([O-])OCC[N+](C)(C)C)C(/C=C\CCCCCCCCCCCC)OC(=O)CCCCCCC\C=C/C=C/C=C/CC. The molecule has 10 heteroatoms. The van der Waals surface area contributed by atoms with E-state index in [0.29, 0.717) is 23.9 Å². The molecular weight excluding hydrogens is 868 g/mol. The number of esters is 1. The largest absolute Gasteiger partial charge is 0.756 e. The normalized spacial score (nSPS) is 14.8. The van der Waals surface area contributed by atoms with Crippen molar-refractivity contribution in [2.24, 2.45) is 0 Å². The van der Waals surface area contributed by atoms with Gasteiger partial charge in [0.25, 0.3) is 7.82 Å². The van der Waals surface area contributed by atoms with E-state index in [1.807, 2.05) is 33.3 Å². The highest BCUT2D eigenvalue weighted by Gasteiger charge is 2.27. The molecule has 0 fully saturated rings. The number of phosphoric ester groups is 1. The van der Waals surface area contributed by atoms with Crippen molar-refractivity contribution in [1.29, 1.82) is 0 Å². The van der Waals surface area contributed by atoms with E-state index in [4.69, 9.17) is 13.8 Å². The predicted molar refractivity (Wildman–Crippen MR) is 288 cm³/mol. The van der Waals surface area contributed by atoms with Crippen molar-refractivity contribution in [1.82, 2.24) is 5.32 Å². The zero-order chi connectivity index (χ0) is 50.1. The van der Waals surface area contributed by atoms with Crippen LogP contribution in [-0.2, 0) is 27.9 Å². The van der Waals surface area contributed by atoms with Gasteiger partial charge in [0.2, 0.25) is 5.91 Å². The van der Waals surface area contributed by atoms with E-state index >= 15 is 0 Å². The summed E-state index contributed by atoms with van der Waals surface area (Å²) in [6.07, 6.45) is 63.5. The minimum absolute atomic E-state index is 0.0424. The second-order valence-corrected chi connectivity index (χ2v) is 20.1. The first-order chi connectivity index (χ1) is 32.9. The first-order valence-corrected chi connectivity index (χ1v) is 28.2. The summed E-state index contributed by atoms with van der Waals surface area (Å²) in [5, 5.41) is 2.97. The third kappa shape index (κ3) is 47.7. The highest BCUT2D eigenvalue weighted by Crippen LogP contribution is 2.38. The first-order valence-electron chi connectivity index (χ1n) is 26.7. The molecule has 1 N–H and O–H groups in total. The van der Waals surface area contributed by atoms with Crippen molar-refractivity contribution < 1.29 is 37.3 Å². The molecule has 0 aliphatic carbocycles. The predicted octanol–water partition coefficient (Wildman–Crippen LogP) is 15.2. The maximum Gasteiger partial charge on any atom is 0.306 e. The molecule has 0 rings (SSSR count). The lowest BCUT2D eigenvalue weighted by atomic mass is 10.1. The highest BCUT2D eigenvalue weighted by atomic mass is 31.2. The van der Waals surface area contributed by atoms with Gasteiger partial charge >= 0.3 is 5.97 Å². The Morgan fingerprint density at radius 2 is 1.03 bits per heavy atom. The molecule has 0 aromatic heterocycles. The molecule has 3 atom stereocenters. The van der Waals surface area contributed by atoms with Crippen molar-refractivity contribution in [3.8, 4) is 0 Å². The van der Waals surface area contributed by atoms with Crippen molar-refractivity contribution in [2.75, 3.05) is 40.9 Å². The lowest BCUT2D eigenvalue weighted by molar-refractivity contribution is -0.870. The number of phosphoric acid groups is 1. The van der Waals surface area contributed by atoms with Crippen molar-refractivity contribution in [3.63, 3.8) is 0 Å². The number of ether oxygens (including phenoxy) is 1. The number of nitrogens with zero attached hydrogens (tertiary/aromatic N) is 1. The van der Waals surface area contributed by atoms with E-state index in [2.05, 4.69) is 117 Å². The molecule has 1 amide bonds. The Morgan fingerprint density at radius 3 is 1.59 bits per heavy atom. The van der Waals surface area contributed by atoms with E-state index in [9.17, 15) is 19.0 Å². The van der Waals surface area contributed by atoms with Crippen LogP contribution in [0.2, 0.25) is 0 Å². The third-order valence-corrected chi connectivity index (χ3v) is 12.0. The summed E-state index contributed by atoms with van der Waals surface area (Å²) in [4.78, 5) is 39.7. The number of nitrogens with one attached hydrogen (secondary N) is 1. The van der Waals surface area contributed by atoms with Gasteiger partial charge in [-0.1, -0.05) is 201 Å². The van der Waals surface area contributed by atoms with E-state index in [-0.39, 0.29) is 31.3 Å². The average molecular weight is 967 g/mol. The fourth-order valence-electron chi connectivity index (χ4n) is 6.91. The number of amides is 1. The Hall–Kier alpha value is -3.33. The number of carbonyl (C=O) groups excluding carboxylic acids is 2. The topological polar surface area (TPSA) is 114 Å². The molecule has 0 radical (unpaired) electrons. The van der Waals surface area contributed by atoms with E-state index < -0.39 is 26.6 Å². The Kier molecular flexibility index (Phi) is 45.0. The smallest absolute Gasteiger partial charge is 0.306 e. The molecule has 0 spiro atoms. The Bertz CT molecular complexity index is 1530. The minimum Gasteiger partial charge on any atom is -0.756 e. The number of likely N-dealkylation sites (N-methyl/N-ethyl adjacent to an activating group) is 1. The van der Waals surface area contributed by atoms with Gasteiger partial charge in [-0.05, 0) is 89.5 Å². The summed E-state index contributed by atoms with van der Waals surface area (Å²) in [6, 6.07) is -0.932. The van der Waals surface area contributed by atoms with Crippen LogP contribution in [-0.4, -0.2) is 69.4 Å². The molecule has 3 unspecified atom stereocenters. The summed E-state index contributed by atoms with van der Waals surface area (Å²) in [6.45, 7) is 6.50. The van der Waals surface area contributed by atoms with Crippen molar-refractivity contribution in [3.05, 3.63) is 109 Å². The number of carbonyl (C=O) groups is 2. The molecular formula is C58H99N2O7P. The molecule has 0 aromatic carbocycles. The van der Waals surface area contributed by atoms with Crippen LogP contribution >= 0.6 is 7.82 Å². The van der Waals surface area contributed by atoms with Crippen LogP contribution in [0.25, 0.3) is 0 Å². The fourth-order valence-corrected chi connectivity index (χ4v) is 7.63. The van der Waals surface area contributed by atoms with Gasteiger partial charge in [-0.3, -0.25) is 14.2 Å². The molecule has 9 nitrogen and oxygen atoms in total. The molecule has 0 aliphatic heterocycles. The molecule has 0 aliphatic rings. The number of unbranched alkanes of at least 4 members (excludes halogenated alkanes) is 16. The van der Waals surface area contributed by atoms with Crippen LogP contribution in [0.1, 0.15) is 194 Å². The van der Waals surface area contributed by atoms with Gasteiger partial charge < -0.3 is 28.5 Å². The number of allylic oxidation sites excluding steroid dienone is 17. The molecule has 0 aromatic rings. The van der Waals surface area contributed by atoms with E-state index in [1.165, 1.54) is 51.4 Å². The Morgan fingerprint density at radius 1 is 0.544 bits per heavy atom. The van der Waals surface area contributed by atoms with Gasteiger partial charge in [-0.15, -0.1) is 0 Å². The summed E-state index contributed by atoms with van der Waals surface area (Å²) < 4.78 is 30.1. The number of quaternary nitrogens is 1. The van der Waals surface area contributed by atoms with Crippen LogP contribution < -0.4 is 10.2 Å². The lowest BCUT2D eigenvalue weighted by Crippen LogP contribution is -2.47. The number of hydrogen-bond donors (Lipinski definition) is 1. The summed E-state index contributed by atoms with van der Waals surface area (Å²) in [5.74, 6) is -0.645. The second kappa shape index (κ2) is 47.4. The van der Waals surface area contributed by atoms with Gasteiger partial charge in [-0.25, -0.2) is 0 Å². The Labute approximate surface area is 417 Å². The van der Waals surface area contributed by atoms with Crippen LogP contribution in [0.4, 0.5) is 0 Å². The van der Waals surface area contributed by atoms with Crippen LogP contribution in [0, 0.1) is 0 Å². The molecule has 0 heterocycles. The highest BCUT2D eigenvalue weighted by molar-refractivity contribution is 7.45. The van der Waals surface area contributed by atoms with Gasteiger partial charge in [0.05, 0.1) is 33.8 Å². The van der Waals surface area contributed by atoms with E-state index in [1.54, 1.807) is 6.08 Å². The second-order valence-electron chi connectivity index (χ2n) is 18.7. The molecule has 0 saturated heterocycles. The summed E-state index contributed by atoms with van der Waals surface area (Å²) in [5.41, 5.74) is 0. The van der Waals surface area contributed by atoms with Gasteiger partial charge in [0.15, 0.2) is 0 Å². The zero-order valence-electron chi connectivity index (χ0n) is 44.0.